The van der Waals surface area contributed by atoms with E-state index < -0.39 is 5.91 Å². The van der Waals surface area contributed by atoms with Gasteiger partial charge in [0.25, 0.3) is 0 Å². The molecule has 3 N–H and O–H groups in total. The quantitative estimate of drug-likeness (QED) is 0.493. The molecule has 0 aliphatic carbocycles. The highest BCUT2D eigenvalue weighted by Crippen LogP contribution is 2.32. The highest BCUT2D eigenvalue weighted by Gasteiger charge is 2.23. The molecule has 170 valence electrons. The predicted octanol–water partition coefficient (Wildman–Crippen LogP) is 1.61. The van der Waals surface area contributed by atoms with Crippen LogP contribution in [0.4, 0.5) is 5.13 Å². The minimum absolute atomic E-state index is 0.0428. The first-order valence-corrected chi connectivity index (χ1v) is 11.6. The van der Waals surface area contributed by atoms with Gasteiger partial charge in [0.05, 0.1) is 17.6 Å². The molecule has 1 saturated heterocycles. The van der Waals surface area contributed by atoms with E-state index in [-0.39, 0.29) is 12.3 Å². The van der Waals surface area contributed by atoms with Crippen LogP contribution in [0.1, 0.15) is 41.2 Å². The number of anilines is 1. The number of ketones is 1. The van der Waals surface area contributed by atoms with E-state index in [1.54, 1.807) is 24.5 Å². The summed E-state index contributed by atoms with van der Waals surface area (Å²) in [5, 5.41) is 11.1. The van der Waals surface area contributed by atoms with Crippen molar-refractivity contribution in [3.63, 3.8) is 0 Å². The number of nitrogens with one attached hydrogen (secondary N) is 1. The zero-order valence-electron chi connectivity index (χ0n) is 18.6. The van der Waals surface area contributed by atoms with Crippen molar-refractivity contribution in [1.29, 1.82) is 0 Å². The molecule has 0 spiro atoms. The van der Waals surface area contributed by atoms with Gasteiger partial charge in [0.2, 0.25) is 5.91 Å². The molecular weight excluding hydrogens is 428 g/mol. The number of hydrogen-bond acceptors (Lipinski definition) is 8. The van der Waals surface area contributed by atoms with Gasteiger partial charge in [0.1, 0.15) is 12.2 Å². The molecule has 4 heterocycles. The lowest BCUT2D eigenvalue weighted by Gasteiger charge is -2.34. The van der Waals surface area contributed by atoms with Gasteiger partial charge in [-0.25, -0.2) is 9.67 Å². The number of aromatic nitrogens is 5. The lowest BCUT2D eigenvalue weighted by molar-refractivity contribution is -0.118. The zero-order valence-corrected chi connectivity index (χ0v) is 19.4. The number of aryl methyl sites for hydroxylation is 1. The van der Waals surface area contributed by atoms with Gasteiger partial charge in [-0.2, -0.15) is 0 Å². The summed E-state index contributed by atoms with van der Waals surface area (Å²) in [7, 11) is 0. The fourth-order valence-electron chi connectivity index (χ4n) is 4.22. The van der Waals surface area contributed by atoms with Crippen molar-refractivity contribution in [1.82, 2.24) is 29.9 Å². The summed E-state index contributed by atoms with van der Waals surface area (Å²) in [5.41, 5.74) is 10.6. The monoisotopic (exact) mass is 456 g/mol. The summed E-state index contributed by atoms with van der Waals surface area (Å²) in [4.78, 5) is 35.9. The molecule has 0 atom stereocenters. The molecular formula is C21H28N8O2S. The molecule has 10 nitrogen and oxygen atoms in total. The van der Waals surface area contributed by atoms with E-state index in [1.165, 1.54) is 4.68 Å². The van der Waals surface area contributed by atoms with Gasteiger partial charge in [-0.1, -0.05) is 12.1 Å². The molecule has 3 aromatic heterocycles. The number of piperazine rings is 1. The Hall–Kier alpha value is -3.05. The van der Waals surface area contributed by atoms with Crippen LogP contribution in [0.25, 0.3) is 11.4 Å². The van der Waals surface area contributed by atoms with Crippen LogP contribution in [0.5, 0.6) is 0 Å². The van der Waals surface area contributed by atoms with E-state index >= 15 is 0 Å². The molecule has 0 saturated carbocycles. The minimum Gasteiger partial charge on any atom is -0.368 e. The van der Waals surface area contributed by atoms with E-state index in [0.29, 0.717) is 6.54 Å². The fraction of sp³-hybridized carbons (Fsp3) is 0.476. The van der Waals surface area contributed by atoms with Crippen LogP contribution < -0.4 is 10.6 Å². The van der Waals surface area contributed by atoms with E-state index in [0.717, 1.165) is 71.6 Å². The number of amides is 1. The van der Waals surface area contributed by atoms with E-state index in [9.17, 15) is 9.59 Å². The predicted molar refractivity (Wildman–Crippen MR) is 123 cm³/mol. The fourth-order valence-corrected chi connectivity index (χ4v) is 5.09. The van der Waals surface area contributed by atoms with Gasteiger partial charge in [0, 0.05) is 49.4 Å². The van der Waals surface area contributed by atoms with Gasteiger partial charge in [-0.15, -0.1) is 16.4 Å². The van der Waals surface area contributed by atoms with Gasteiger partial charge < -0.3 is 15.6 Å². The van der Waals surface area contributed by atoms with Crippen LogP contribution in [0.3, 0.4) is 0 Å². The van der Waals surface area contributed by atoms with E-state index in [1.807, 2.05) is 6.92 Å². The average Bonchev–Trinajstić information content (AvgIpc) is 3.46. The Morgan fingerprint density at radius 2 is 2.00 bits per heavy atom. The highest BCUT2D eigenvalue weighted by atomic mass is 32.1. The van der Waals surface area contributed by atoms with Crippen LogP contribution >= 0.6 is 11.3 Å². The van der Waals surface area contributed by atoms with E-state index in [2.05, 4.69) is 37.4 Å². The third kappa shape index (κ3) is 4.58. The van der Waals surface area contributed by atoms with Crippen molar-refractivity contribution in [3.8, 4) is 11.4 Å². The number of primary amides is 1. The van der Waals surface area contributed by atoms with Crippen LogP contribution in [-0.2, 0) is 24.3 Å². The molecule has 0 radical (unpaired) electrons. The number of carbonyl (C=O) groups is 2. The molecule has 32 heavy (non-hydrogen) atoms. The number of carbonyl (C=O) groups excluding carboxylic acids is 2. The maximum absolute atomic E-state index is 12.1. The number of nitrogens with two attached hydrogens (primary N) is 1. The summed E-state index contributed by atoms with van der Waals surface area (Å²) < 4.78 is 1.47. The molecule has 1 fully saturated rings. The third-order valence-electron chi connectivity index (χ3n) is 5.68. The van der Waals surface area contributed by atoms with Crippen LogP contribution in [0.2, 0.25) is 0 Å². The first-order chi connectivity index (χ1) is 15.4. The molecule has 1 amide bonds. The normalized spacial score (nSPS) is 14.8. The molecule has 0 bridgehead atoms. The smallest absolute Gasteiger partial charge is 0.239 e. The summed E-state index contributed by atoms with van der Waals surface area (Å²) >= 11 is 1.63. The Morgan fingerprint density at radius 1 is 1.25 bits per heavy atom. The Bertz CT molecular complexity index is 1120. The third-order valence-corrected chi connectivity index (χ3v) is 6.58. The summed E-state index contributed by atoms with van der Waals surface area (Å²) in [6.45, 7) is 9.85. The number of hydrogen-bond donors (Lipinski definition) is 2. The number of H-pyrrole nitrogens is 1. The largest absolute Gasteiger partial charge is 0.368 e. The number of nitrogens with zero attached hydrogens (tertiary/aromatic N) is 6. The Morgan fingerprint density at radius 3 is 2.66 bits per heavy atom. The summed E-state index contributed by atoms with van der Waals surface area (Å²) in [5.74, 6) is -0.348. The van der Waals surface area contributed by atoms with Crippen molar-refractivity contribution < 1.29 is 9.59 Å². The first kappa shape index (κ1) is 22.2. The van der Waals surface area contributed by atoms with Crippen LogP contribution in [-0.4, -0.2) is 67.7 Å². The lowest BCUT2D eigenvalue weighted by atomic mass is 10.0. The molecule has 11 heteroatoms. The molecule has 4 rings (SSSR count). The lowest BCUT2D eigenvalue weighted by Crippen LogP contribution is -2.46. The molecule has 0 aromatic carbocycles. The Labute approximate surface area is 190 Å². The van der Waals surface area contributed by atoms with Crippen LogP contribution in [0, 0.1) is 6.92 Å². The second-order valence-corrected chi connectivity index (χ2v) is 8.88. The summed E-state index contributed by atoms with van der Waals surface area (Å²) in [6.07, 6.45) is 2.55. The molecule has 0 unspecified atom stereocenters. The number of rotatable bonds is 8. The molecule has 3 aromatic rings. The van der Waals surface area contributed by atoms with Crippen molar-refractivity contribution in [3.05, 3.63) is 34.1 Å². The zero-order chi connectivity index (χ0) is 22.8. The van der Waals surface area contributed by atoms with Crippen LogP contribution in [0.15, 0.2) is 11.6 Å². The van der Waals surface area contributed by atoms with Gasteiger partial charge >= 0.3 is 0 Å². The van der Waals surface area contributed by atoms with Crippen molar-refractivity contribution in [2.75, 3.05) is 31.1 Å². The van der Waals surface area contributed by atoms with Gasteiger partial charge in [-0.05, 0) is 25.8 Å². The van der Waals surface area contributed by atoms with Gasteiger partial charge in [-0.3, -0.25) is 14.5 Å². The second-order valence-electron chi connectivity index (χ2n) is 8.04. The van der Waals surface area contributed by atoms with Gasteiger partial charge in [0.15, 0.2) is 10.9 Å². The molecule has 1 aliphatic rings. The van der Waals surface area contributed by atoms with Crippen molar-refractivity contribution in [2.24, 2.45) is 5.73 Å². The number of thiazole rings is 1. The second kappa shape index (κ2) is 9.21. The maximum Gasteiger partial charge on any atom is 0.239 e. The minimum atomic E-state index is -0.434. The number of Topliss-reactive ketones (excluding diaryl/α,β-unsaturated/α-hetero) is 1. The standard InChI is InChI=1S/C21H28N8O2S/c1-4-16-19(14(3)30)13(2)23-20(16)17-12-32-21(24-17)28-7-5-27(6-8-28)9-15-10-29(26-25-15)11-18(22)31/h10,12,23H,4-9,11H2,1-3H3,(H2,22,31). The Kier molecular flexibility index (Phi) is 6.38. The highest BCUT2D eigenvalue weighted by molar-refractivity contribution is 7.14. The average molecular weight is 457 g/mol. The maximum atomic E-state index is 12.1. The summed E-state index contributed by atoms with van der Waals surface area (Å²) in [6, 6.07) is 0. The Balaban J connectivity index is 1.39. The SMILES string of the molecule is CCc1c(-c2csc(N3CCN(Cc4cn(CC(N)=O)nn4)CC3)n2)[nH]c(C)c1C(C)=O. The topological polar surface area (TPSA) is 126 Å². The van der Waals surface area contributed by atoms with E-state index in [4.69, 9.17) is 10.7 Å². The van der Waals surface area contributed by atoms with Crippen molar-refractivity contribution in [2.45, 2.75) is 40.3 Å². The number of aromatic amines is 1. The van der Waals surface area contributed by atoms with Crippen molar-refractivity contribution >= 4 is 28.2 Å². The first-order valence-electron chi connectivity index (χ1n) is 10.7. The molecule has 1 aliphatic heterocycles.